The van der Waals surface area contributed by atoms with E-state index in [0.717, 1.165) is 11.1 Å². The molecule has 0 aliphatic carbocycles. The van der Waals surface area contributed by atoms with Crippen LogP contribution in [0.5, 0.6) is 5.75 Å². The molecule has 1 aromatic rings. The second-order valence-corrected chi connectivity index (χ2v) is 6.70. The van der Waals surface area contributed by atoms with Crippen LogP contribution in [-0.2, 0) is 11.8 Å². The van der Waals surface area contributed by atoms with Gasteiger partial charge in [0.1, 0.15) is 5.75 Å². The highest BCUT2D eigenvalue weighted by Gasteiger charge is 1.93. The fourth-order valence-electron chi connectivity index (χ4n) is 0.734. The summed E-state index contributed by atoms with van der Waals surface area (Å²) in [6.45, 7) is 0. The minimum Gasteiger partial charge on any atom is -0.497 e. The molecule has 0 amide bonds. The van der Waals surface area contributed by atoms with Gasteiger partial charge in [0.05, 0.1) is 7.11 Å². The van der Waals surface area contributed by atoms with E-state index in [1.54, 1.807) is 7.11 Å². The Balaban J connectivity index is 2.91. The van der Waals surface area contributed by atoms with Gasteiger partial charge in [-0.3, -0.25) is 0 Å². The van der Waals surface area contributed by atoms with Gasteiger partial charge in [0.15, 0.2) is 0 Å². The Morgan fingerprint density at radius 2 is 1.91 bits per heavy atom. The highest BCUT2D eigenvalue weighted by atomic mass is 32.9. The lowest BCUT2D eigenvalue weighted by atomic mass is 10.3. The summed E-state index contributed by atoms with van der Waals surface area (Å²) in [5.41, 5.74) is 0. The molecule has 1 atom stereocenters. The Kier molecular flexibility index (Phi) is 3.44. The van der Waals surface area contributed by atoms with Crippen LogP contribution in [0.3, 0.4) is 0 Å². The summed E-state index contributed by atoms with van der Waals surface area (Å²) < 4.78 is 5.00. The van der Waals surface area contributed by atoms with Gasteiger partial charge in [-0.15, -0.1) is 12.2 Å². The third-order valence-corrected chi connectivity index (χ3v) is 3.65. The Hall–Kier alpha value is 0.0200. The summed E-state index contributed by atoms with van der Waals surface area (Å²) in [6.07, 6.45) is 0. The zero-order valence-corrected chi connectivity index (χ0v) is 8.78. The maximum atomic E-state index is 5.05. The molecular formula is C7H9OPS2. The van der Waals surface area contributed by atoms with Crippen molar-refractivity contribution in [2.75, 3.05) is 7.11 Å². The van der Waals surface area contributed by atoms with Gasteiger partial charge < -0.3 is 4.74 Å². The van der Waals surface area contributed by atoms with E-state index in [-0.39, 0.29) is 0 Å². The van der Waals surface area contributed by atoms with E-state index in [9.17, 15) is 0 Å². The molecule has 0 heterocycles. The fraction of sp³-hybridized carbons (Fsp3) is 0.143. The molecule has 0 saturated heterocycles. The van der Waals surface area contributed by atoms with Crippen molar-refractivity contribution in [3.63, 3.8) is 0 Å². The summed E-state index contributed by atoms with van der Waals surface area (Å²) in [6, 6.07) is 7.74. The standard InChI is InChI=1S/C7H9OPS2/c1-8-6-2-4-7(5-3-6)9(10)11/h2-5,9H,1H3,(H,10,11). The molecule has 0 bridgehead atoms. The first-order valence-electron chi connectivity index (χ1n) is 3.11. The molecule has 1 nitrogen and oxygen atoms in total. The highest BCUT2D eigenvalue weighted by molar-refractivity contribution is 8.58. The molecule has 60 valence electrons. The van der Waals surface area contributed by atoms with Gasteiger partial charge >= 0.3 is 0 Å². The first kappa shape index (κ1) is 9.11. The molecule has 4 heteroatoms. The van der Waals surface area contributed by atoms with E-state index in [1.165, 1.54) is 0 Å². The lowest BCUT2D eigenvalue weighted by Gasteiger charge is -2.00. The quantitative estimate of drug-likeness (QED) is 0.581. The molecule has 0 aliphatic rings. The van der Waals surface area contributed by atoms with Crippen molar-refractivity contribution in [1.29, 1.82) is 0 Å². The number of benzene rings is 1. The molecule has 0 radical (unpaired) electrons. The molecule has 1 unspecified atom stereocenters. The third kappa shape index (κ3) is 2.51. The summed E-state index contributed by atoms with van der Waals surface area (Å²) >= 11 is 9.28. The van der Waals surface area contributed by atoms with Gasteiger partial charge in [-0.05, 0) is 29.6 Å². The van der Waals surface area contributed by atoms with E-state index in [0.29, 0.717) is 0 Å². The van der Waals surface area contributed by atoms with E-state index in [4.69, 9.17) is 16.5 Å². The normalized spacial score (nSPS) is 12.5. The molecule has 0 saturated carbocycles. The van der Waals surface area contributed by atoms with Gasteiger partial charge in [0.2, 0.25) is 0 Å². The summed E-state index contributed by atoms with van der Waals surface area (Å²) in [5.74, 6) is -0.153. The number of ether oxygens (including phenoxy) is 1. The molecular weight excluding hydrogens is 195 g/mol. The van der Waals surface area contributed by atoms with Crippen LogP contribution in [0.25, 0.3) is 0 Å². The summed E-state index contributed by atoms with van der Waals surface area (Å²) in [7, 11) is 1.65. The molecule has 11 heavy (non-hydrogen) atoms. The Morgan fingerprint density at radius 3 is 2.27 bits per heavy atom. The molecule has 0 aliphatic heterocycles. The van der Waals surface area contributed by atoms with Crippen LogP contribution in [0, 0.1) is 0 Å². The second kappa shape index (κ2) is 4.15. The van der Waals surface area contributed by atoms with Crippen LogP contribution < -0.4 is 10.0 Å². The highest BCUT2D eigenvalue weighted by Crippen LogP contribution is 2.25. The first-order chi connectivity index (χ1) is 5.24. The van der Waals surface area contributed by atoms with Gasteiger partial charge in [-0.2, -0.15) is 0 Å². The van der Waals surface area contributed by atoms with Crippen LogP contribution >= 0.6 is 18.1 Å². The molecule has 0 spiro atoms. The smallest absolute Gasteiger partial charge is 0.118 e. The molecule has 1 rings (SSSR count). The van der Waals surface area contributed by atoms with Crippen molar-refractivity contribution >= 4 is 35.3 Å². The molecule has 0 fully saturated rings. The van der Waals surface area contributed by atoms with Crippen molar-refractivity contribution in [2.45, 2.75) is 0 Å². The second-order valence-electron chi connectivity index (χ2n) is 2.03. The Labute approximate surface area is 77.3 Å². The zero-order valence-electron chi connectivity index (χ0n) is 6.07. The predicted octanol–water partition coefficient (Wildman–Crippen LogP) is 1.84. The van der Waals surface area contributed by atoms with Crippen molar-refractivity contribution in [2.24, 2.45) is 0 Å². The monoisotopic (exact) mass is 204 g/mol. The topological polar surface area (TPSA) is 9.23 Å². The lowest BCUT2D eigenvalue weighted by Crippen LogP contribution is -1.92. The minimum absolute atomic E-state index is 0.861. The first-order valence-corrected chi connectivity index (χ1v) is 7.03. The minimum atomic E-state index is -1.01. The Bertz CT molecular complexity index is 258. The van der Waals surface area contributed by atoms with Crippen molar-refractivity contribution in [3.05, 3.63) is 24.3 Å². The fourth-order valence-corrected chi connectivity index (χ4v) is 2.04. The summed E-state index contributed by atoms with van der Waals surface area (Å²) in [5, 5.41) is 1.13. The van der Waals surface area contributed by atoms with Gasteiger partial charge in [-0.1, -0.05) is 11.8 Å². The largest absolute Gasteiger partial charge is 0.497 e. The lowest BCUT2D eigenvalue weighted by molar-refractivity contribution is 0.415. The van der Waals surface area contributed by atoms with E-state index in [1.807, 2.05) is 24.3 Å². The third-order valence-electron chi connectivity index (χ3n) is 1.34. The number of thiol groups is 1. The van der Waals surface area contributed by atoms with Crippen LogP contribution in [0.4, 0.5) is 0 Å². The van der Waals surface area contributed by atoms with Gasteiger partial charge in [-0.25, -0.2) is 0 Å². The SMILES string of the molecule is COc1ccc([PH](=S)S)cc1. The molecule has 0 N–H and O–H groups in total. The number of hydrogen-bond acceptors (Lipinski definition) is 2. The maximum Gasteiger partial charge on any atom is 0.118 e. The molecule has 1 aromatic carbocycles. The average molecular weight is 204 g/mol. The number of rotatable bonds is 2. The van der Waals surface area contributed by atoms with Crippen LogP contribution in [0.15, 0.2) is 24.3 Å². The van der Waals surface area contributed by atoms with Crippen molar-refractivity contribution < 1.29 is 4.74 Å². The summed E-state index contributed by atoms with van der Waals surface area (Å²) in [4.78, 5) is 0. The van der Waals surface area contributed by atoms with E-state index < -0.39 is 5.90 Å². The van der Waals surface area contributed by atoms with Crippen LogP contribution in [0.2, 0.25) is 0 Å². The predicted molar refractivity (Wildman–Crippen MR) is 57.3 cm³/mol. The average Bonchev–Trinajstić information content (AvgIpc) is 2.05. The maximum absolute atomic E-state index is 5.05. The Morgan fingerprint density at radius 1 is 1.36 bits per heavy atom. The zero-order chi connectivity index (χ0) is 8.27. The van der Waals surface area contributed by atoms with Crippen LogP contribution in [-0.4, -0.2) is 7.11 Å². The number of hydrogen-bond donors (Lipinski definition) is 1. The number of methoxy groups -OCH3 is 1. The van der Waals surface area contributed by atoms with Crippen LogP contribution in [0.1, 0.15) is 0 Å². The molecule has 0 aromatic heterocycles. The van der Waals surface area contributed by atoms with E-state index in [2.05, 4.69) is 12.2 Å². The van der Waals surface area contributed by atoms with Crippen molar-refractivity contribution in [3.8, 4) is 5.75 Å². The van der Waals surface area contributed by atoms with E-state index >= 15 is 0 Å². The van der Waals surface area contributed by atoms with Gasteiger partial charge in [0.25, 0.3) is 0 Å². The van der Waals surface area contributed by atoms with Crippen molar-refractivity contribution in [1.82, 2.24) is 0 Å². The van der Waals surface area contributed by atoms with Gasteiger partial charge in [0, 0.05) is 5.90 Å².